The number of allylic oxidation sites excluding steroid dienone is 4. The summed E-state index contributed by atoms with van der Waals surface area (Å²) in [5, 5.41) is 0. The standard InChI is InChI=1S/C65H122O6/c1-4-7-10-13-16-19-22-25-28-31-32-35-38-41-44-47-50-53-56-59-65(68)71-62(60-69-63(66)57-54-51-48-45-42-39-36-33-29-26-23-20-17-14-11-8-5-2)61-70-64(67)58-55-52-49-46-43-40-37-34-30-27-24-21-18-15-12-9-6-3/h26-27,29-30,62H,4-25,28,31-61H2,1-3H3/b29-26-,30-27-. The van der Waals surface area contributed by atoms with Crippen LogP contribution in [0.25, 0.3) is 0 Å². The first-order chi connectivity index (χ1) is 35.0. The summed E-state index contributed by atoms with van der Waals surface area (Å²) in [5.74, 6) is -0.852. The van der Waals surface area contributed by atoms with Crippen LogP contribution in [0.4, 0.5) is 0 Å². The van der Waals surface area contributed by atoms with E-state index in [1.54, 1.807) is 0 Å². The van der Waals surface area contributed by atoms with Gasteiger partial charge in [0.15, 0.2) is 6.10 Å². The Morgan fingerprint density at radius 1 is 0.268 bits per heavy atom. The van der Waals surface area contributed by atoms with Crippen LogP contribution >= 0.6 is 0 Å². The zero-order valence-corrected chi connectivity index (χ0v) is 48.0. The highest BCUT2D eigenvalue weighted by atomic mass is 16.6. The first-order valence-corrected chi connectivity index (χ1v) is 31.8. The van der Waals surface area contributed by atoms with Crippen LogP contribution in [0.5, 0.6) is 0 Å². The molecule has 0 heterocycles. The zero-order valence-electron chi connectivity index (χ0n) is 48.0. The average molecular weight is 1000 g/mol. The summed E-state index contributed by atoms with van der Waals surface area (Å²) >= 11 is 0. The van der Waals surface area contributed by atoms with Gasteiger partial charge in [-0.15, -0.1) is 0 Å². The molecule has 0 unspecified atom stereocenters. The molecule has 0 amide bonds. The van der Waals surface area contributed by atoms with Gasteiger partial charge in [0.25, 0.3) is 0 Å². The first-order valence-electron chi connectivity index (χ1n) is 31.8. The van der Waals surface area contributed by atoms with Crippen molar-refractivity contribution in [2.45, 2.75) is 361 Å². The Balaban J connectivity index is 4.33. The molecule has 0 aromatic heterocycles. The lowest BCUT2D eigenvalue weighted by molar-refractivity contribution is -0.167. The number of unbranched alkanes of at least 4 members (excludes halogenated alkanes) is 44. The normalized spacial score (nSPS) is 11.7. The van der Waals surface area contributed by atoms with E-state index in [1.807, 2.05) is 0 Å². The van der Waals surface area contributed by atoms with Gasteiger partial charge in [-0.25, -0.2) is 0 Å². The van der Waals surface area contributed by atoms with Gasteiger partial charge in [-0.3, -0.25) is 14.4 Å². The van der Waals surface area contributed by atoms with Gasteiger partial charge in [0.2, 0.25) is 0 Å². The van der Waals surface area contributed by atoms with E-state index >= 15 is 0 Å². The molecule has 0 N–H and O–H groups in total. The molecule has 6 nitrogen and oxygen atoms in total. The molecule has 6 heteroatoms. The molecule has 0 aliphatic carbocycles. The molecule has 0 aliphatic heterocycles. The van der Waals surface area contributed by atoms with E-state index in [0.717, 1.165) is 57.8 Å². The fraction of sp³-hybridized carbons (Fsp3) is 0.892. The SMILES string of the molecule is CCCCCCCC/C=C\CCCCCCCCCC(=O)OCC(COC(=O)CCCCCCCCC/C=C\CCCCCCCC)OC(=O)CCCCCCCCCCCCCCCCCCCCC. The summed E-state index contributed by atoms with van der Waals surface area (Å²) in [6, 6.07) is 0. The minimum absolute atomic E-state index is 0.0701. The van der Waals surface area contributed by atoms with Crippen LogP contribution in [0.15, 0.2) is 24.3 Å². The predicted molar refractivity (Wildman–Crippen MR) is 307 cm³/mol. The van der Waals surface area contributed by atoms with Gasteiger partial charge in [0, 0.05) is 19.3 Å². The van der Waals surface area contributed by atoms with Crippen molar-refractivity contribution in [3.8, 4) is 0 Å². The molecule has 0 aromatic carbocycles. The van der Waals surface area contributed by atoms with Crippen LogP contribution < -0.4 is 0 Å². The van der Waals surface area contributed by atoms with Crippen LogP contribution in [0.1, 0.15) is 355 Å². The van der Waals surface area contributed by atoms with Gasteiger partial charge in [0.05, 0.1) is 0 Å². The Morgan fingerprint density at radius 2 is 0.465 bits per heavy atom. The lowest BCUT2D eigenvalue weighted by atomic mass is 10.0. The van der Waals surface area contributed by atoms with Crippen LogP contribution in [-0.2, 0) is 28.6 Å². The van der Waals surface area contributed by atoms with Crippen LogP contribution in [0, 0.1) is 0 Å². The quantitative estimate of drug-likeness (QED) is 0.0261. The summed E-state index contributed by atoms with van der Waals surface area (Å²) in [6.07, 6.45) is 71.7. The fourth-order valence-electron chi connectivity index (χ4n) is 9.61. The summed E-state index contributed by atoms with van der Waals surface area (Å²) in [7, 11) is 0. The zero-order chi connectivity index (χ0) is 51.4. The van der Waals surface area contributed by atoms with Crippen molar-refractivity contribution in [1.82, 2.24) is 0 Å². The number of rotatable bonds is 59. The van der Waals surface area contributed by atoms with Gasteiger partial charge in [0.1, 0.15) is 13.2 Å². The minimum Gasteiger partial charge on any atom is -0.462 e. The number of hydrogen-bond donors (Lipinski definition) is 0. The van der Waals surface area contributed by atoms with Crippen molar-refractivity contribution < 1.29 is 28.6 Å². The van der Waals surface area contributed by atoms with Crippen molar-refractivity contribution in [3.63, 3.8) is 0 Å². The van der Waals surface area contributed by atoms with Crippen molar-refractivity contribution >= 4 is 17.9 Å². The number of carbonyl (C=O) groups is 3. The largest absolute Gasteiger partial charge is 0.462 e. The predicted octanol–water partition coefficient (Wildman–Crippen LogP) is 21.4. The van der Waals surface area contributed by atoms with Crippen molar-refractivity contribution in [2.75, 3.05) is 13.2 Å². The van der Waals surface area contributed by atoms with Crippen LogP contribution in [0.3, 0.4) is 0 Å². The lowest BCUT2D eigenvalue weighted by Gasteiger charge is -2.18. The van der Waals surface area contributed by atoms with E-state index in [4.69, 9.17) is 14.2 Å². The molecule has 0 atom stereocenters. The molecular weight excluding hydrogens is 877 g/mol. The Morgan fingerprint density at radius 3 is 0.704 bits per heavy atom. The second-order valence-corrected chi connectivity index (χ2v) is 21.7. The lowest BCUT2D eigenvalue weighted by Crippen LogP contribution is -2.30. The Kier molecular flexibility index (Phi) is 58.6. The first kappa shape index (κ1) is 68.9. The number of ether oxygens (including phenoxy) is 3. The summed E-state index contributed by atoms with van der Waals surface area (Å²) in [4.78, 5) is 38.3. The second-order valence-electron chi connectivity index (χ2n) is 21.7. The smallest absolute Gasteiger partial charge is 0.306 e. The third-order valence-electron chi connectivity index (χ3n) is 14.4. The molecule has 0 rings (SSSR count). The second kappa shape index (κ2) is 60.4. The molecule has 0 aromatic rings. The van der Waals surface area contributed by atoms with E-state index in [-0.39, 0.29) is 31.1 Å². The maximum absolute atomic E-state index is 12.9. The molecule has 71 heavy (non-hydrogen) atoms. The molecule has 0 aliphatic rings. The van der Waals surface area contributed by atoms with E-state index in [0.29, 0.717) is 19.3 Å². The highest BCUT2D eigenvalue weighted by molar-refractivity contribution is 5.71. The summed E-state index contributed by atoms with van der Waals surface area (Å²) in [6.45, 7) is 6.69. The highest BCUT2D eigenvalue weighted by Crippen LogP contribution is 2.17. The molecule has 0 bridgehead atoms. The van der Waals surface area contributed by atoms with Crippen LogP contribution in [-0.4, -0.2) is 37.2 Å². The van der Waals surface area contributed by atoms with Gasteiger partial charge in [-0.05, 0) is 70.6 Å². The monoisotopic (exact) mass is 999 g/mol. The molecule has 0 radical (unpaired) electrons. The average Bonchev–Trinajstić information content (AvgIpc) is 3.37. The fourth-order valence-corrected chi connectivity index (χ4v) is 9.61. The van der Waals surface area contributed by atoms with E-state index in [9.17, 15) is 14.4 Å². The van der Waals surface area contributed by atoms with E-state index in [2.05, 4.69) is 45.1 Å². The maximum Gasteiger partial charge on any atom is 0.306 e. The molecule has 0 saturated heterocycles. The van der Waals surface area contributed by atoms with Gasteiger partial charge in [-0.2, -0.15) is 0 Å². The third kappa shape index (κ3) is 58.7. The van der Waals surface area contributed by atoms with E-state index in [1.165, 1.54) is 257 Å². The van der Waals surface area contributed by atoms with Crippen molar-refractivity contribution in [1.29, 1.82) is 0 Å². The summed E-state index contributed by atoms with van der Waals surface area (Å²) in [5.41, 5.74) is 0. The van der Waals surface area contributed by atoms with Crippen LogP contribution in [0.2, 0.25) is 0 Å². The molecule has 418 valence electrons. The number of esters is 3. The summed E-state index contributed by atoms with van der Waals surface area (Å²) < 4.78 is 16.9. The van der Waals surface area contributed by atoms with Gasteiger partial charge < -0.3 is 14.2 Å². The Hall–Kier alpha value is -2.11. The van der Waals surface area contributed by atoms with Gasteiger partial charge in [-0.1, -0.05) is 289 Å². The topological polar surface area (TPSA) is 78.9 Å². The number of hydrogen-bond acceptors (Lipinski definition) is 6. The Bertz CT molecular complexity index is 1090. The molecule has 0 saturated carbocycles. The van der Waals surface area contributed by atoms with Crippen molar-refractivity contribution in [2.24, 2.45) is 0 Å². The van der Waals surface area contributed by atoms with Crippen molar-refractivity contribution in [3.05, 3.63) is 24.3 Å². The number of carbonyl (C=O) groups excluding carboxylic acids is 3. The van der Waals surface area contributed by atoms with Gasteiger partial charge >= 0.3 is 17.9 Å². The molecular formula is C65H122O6. The maximum atomic E-state index is 12.9. The third-order valence-corrected chi connectivity index (χ3v) is 14.4. The van der Waals surface area contributed by atoms with E-state index < -0.39 is 6.10 Å². The molecule has 0 fully saturated rings. The minimum atomic E-state index is -0.772. The highest BCUT2D eigenvalue weighted by Gasteiger charge is 2.19. The Labute approximate surface area is 443 Å². The molecule has 0 spiro atoms.